The van der Waals surface area contributed by atoms with Crippen molar-refractivity contribution < 1.29 is 50.9 Å². The van der Waals surface area contributed by atoms with Crippen molar-refractivity contribution in [3.63, 3.8) is 0 Å². The van der Waals surface area contributed by atoms with Crippen LogP contribution in [0.5, 0.6) is 23.0 Å². The van der Waals surface area contributed by atoms with Gasteiger partial charge in [0.25, 0.3) is 10.0 Å². The molecule has 4 N–H and O–H groups in total. The normalized spacial score (nSPS) is 10.9. The van der Waals surface area contributed by atoms with Crippen LogP contribution in [0.2, 0.25) is 0 Å². The largest absolute Gasteiger partial charge is 0.497 e. The lowest BCUT2D eigenvalue weighted by molar-refractivity contribution is 0.0660. The lowest BCUT2D eigenvalue weighted by Gasteiger charge is -2.07. The topological polar surface area (TPSA) is 190 Å². The minimum atomic E-state index is -4.06. The van der Waals surface area contributed by atoms with Gasteiger partial charge in [0.15, 0.2) is 5.76 Å². The Bertz CT molecular complexity index is 2670. The summed E-state index contributed by atoms with van der Waals surface area (Å²) in [6.45, 7) is 4.10. The maximum atomic E-state index is 12.6. The van der Waals surface area contributed by atoms with E-state index in [4.69, 9.17) is 38.6 Å². The van der Waals surface area contributed by atoms with Crippen molar-refractivity contribution in [1.82, 2.24) is 4.72 Å². The summed E-state index contributed by atoms with van der Waals surface area (Å²) in [6.07, 6.45) is 0. The Morgan fingerprint density at radius 3 is 1.33 bits per heavy atom. The number of carboxylic acid groups (broad SMARTS) is 1. The fourth-order valence-corrected chi connectivity index (χ4v) is 6.91. The van der Waals surface area contributed by atoms with E-state index in [1.54, 1.807) is 40.2 Å². The molecule has 1 amide bonds. The zero-order chi connectivity index (χ0) is 43.5. The van der Waals surface area contributed by atoms with Crippen LogP contribution in [0, 0.1) is 13.8 Å². The van der Waals surface area contributed by atoms with Gasteiger partial charge in [-0.3, -0.25) is 4.79 Å². The minimum absolute atomic E-state index is 0.0435. The summed E-state index contributed by atoms with van der Waals surface area (Å²) in [6, 6.07) is 39.8. The van der Waals surface area contributed by atoms with Gasteiger partial charge in [0.1, 0.15) is 47.7 Å². The third-order valence-electron chi connectivity index (χ3n) is 9.52. The van der Waals surface area contributed by atoms with Gasteiger partial charge in [0.05, 0.1) is 19.1 Å². The number of rotatable bonds is 15. The number of nitrogens with two attached hydrogens (primary N) is 1. The number of carbonyl (C=O) groups is 2. The number of amides is 1. The predicted octanol–water partition coefficient (Wildman–Crippen LogP) is 8.96. The van der Waals surface area contributed by atoms with E-state index in [1.165, 1.54) is 24.3 Å². The molecule has 0 saturated heterocycles. The second-order valence-corrected chi connectivity index (χ2v) is 15.2. The van der Waals surface area contributed by atoms with Crippen LogP contribution in [0.3, 0.4) is 0 Å². The van der Waals surface area contributed by atoms with Gasteiger partial charge in [0, 0.05) is 17.7 Å². The van der Waals surface area contributed by atoms with Crippen molar-refractivity contribution in [1.29, 1.82) is 0 Å². The first kappa shape index (κ1) is 43.3. The molecule has 0 unspecified atom stereocenters. The van der Waals surface area contributed by atoms with E-state index in [-0.39, 0.29) is 36.2 Å². The van der Waals surface area contributed by atoms with Gasteiger partial charge in [-0.15, -0.1) is 0 Å². The molecule has 61 heavy (non-hydrogen) atoms. The molecule has 0 bridgehead atoms. The predicted molar refractivity (Wildman–Crippen MR) is 228 cm³/mol. The van der Waals surface area contributed by atoms with Crippen LogP contribution in [0.25, 0.3) is 22.3 Å². The monoisotopic (exact) mass is 844 g/mol. The molecule has 7 rings (SSSR count). The average Bonchev–Trinajstić information content (AvgIpc) is 3.86. The molecule has 0 aliphatic rings. The summed E-state index contributed by atoms with van der Waals surface area (Å²) < 4.78 is 59.7. The van der Waals surface area contributed by atoms with E-state index in [0.29, 0.717) is 28.6 Å². The number of hydrogen-bond acceptors (Lipinski definition) is 11. The number of methoxy groups -OCH3 is 2. The smallest absolute Gasteiger partial charge is 0.371 e. The summed E-state index contributed by atoms with van der Waals surface area (Å²) in [5.74, 6) is 1.81. The fraction of sp³-hybridized carbons (Fsp3) is 0.149. The Balaban J connectivity index is 0.000000218. The minimum Gasteiger partial charge on any atom is -0.497 e. The van der Waals surface area contributed by atoms with E-state index in [2.05, 4.69) is 0 Å². The maximum absolute atomic E-state index is 12.6. The molecule has 0 atom stereocenters. The number of sulfonamides is 1. The van der Waals surface area contributed by atoms with Crippen molar-refractivity contribution in [2.45, 2.75) is 38.5 Å². The molecule has 2 heterocycles. The van der Waals surface area contributed by atoms with Crippen LogP contribution >= 0.6 is 0 Å². The van der Waals surface area contributed by atoms with Gasteiger partial charge in [-0.2, -0.15) is 0 Å². The van der Waals surface area contributed by atoms with Crippen LogP contribution in [0.1, 0.15) is 49.3 Å². The standard InChI is InChI=1S/C27H26N2O6S.C20H18O5/c1-18-22(17-34-24-11-7-21(8-12-24)20-5-9-23(33-2)10-6-20)15-26(35-18)27(30)29-36(31,32)25-13-3-19(16-28)4-14-25;1-13-16(11-19(25-13)20(21)22)12-24-18-9-5-15(6-10-18)14-3-7-17(23-2)8-4-14/h3-15H,16-17,28H2,1-2H3,(H,29,30);3-11H,12H2,1-2H3,(H,21,22). The van der Waals surface area contributed by atoms with Crippen LogP contribution in [-0.2, 0) is 29.8 Å². The first-order valence-corrected chi connectivity index (χ1v) is 20.4. The third kappa shape index (κ3) is 11.3. The van der Waals surface area contributed by atoms with Crippen LogP contribution < -0.4 is 29.4 Å². The molecular weight excluding hydrogens is 801 g/mol. The second kappa shape index (κ2) is 19.6. The fourth-order valence-electron chi connectivity index (χ4n) is 5.96. The van der Waals surface area contributed by atoms with Crippen molar-refractivity contribution in [2.75, 3.05) is 14.2 Å². The van der Waals surface area contributed by atoms with Gasteiger partial charge in [-0.05, 0) is 114 Å². The molecule has 0 radical (unpaired) electrons. The van der Waals surface area contributed by atoms with Gasteiger partial charge < -0.3 is 38.6 Å². The summed E-state index contributed by atoms with van der Waals surface area (Å²) >= 11 is 0. The Kier molecular flexibility index (Phi) is 13.9. The summed E-state index contributed by atoms with van der Waals surface area (Å²) in [4.78, 5) is 23.4. The zero-order valence-corrected chi connectivity index (χ0v) is 34.7. The van der Waals surface area contributed by atoms with E-state index >= 15 is 0 Å². The third-order valence-corrected chi connectivity index (χ3v) is 10.9. The highest BCUT2D eigenvalue weighted by Gasteiger charge is 2.22. The Morgan fingerprint density at radius 2 is 0.967 bits per heavy atom. The summed E-state index contributed by atoms with van der Waals surface area (Å²) in [5, 5.41) is 8.94. The first-order valence-electron chi connectivity index (χ1n) is 18.9. The first-order chi connectivity index (χ1) is 29.3. The lowest BCUT2D eigenvalue weighted by atomic mass is 10.1. The van der Waals surface area contributed by atoms with Gasteiger partial charge in [-0.25, -0.2) is 17.9 Å². The molecule has 13 nitrogen and oxygen atoms in total. The second-order valence-electron chi connectivity index (χ2n) is 13.6. The number of furan rings is 2. The van der Waals surface area contributed by atoms with Crippen LogP contribution in [0.4, 0.5) is 0 Å². The molecule has 5 aromatic carbocycles. The van der Waals surface area contributed by atoms with E-state index in [1.807, 2.05) is 102 Å². The lowest BCUT2D eigenvalue weighted by Crippen LogP contribution is -2.30. The molecule has 0 aliphatic carbocycles. The molecule has 14 heteroatoms. The number of benzene rings is 5. The number of nitrogens with one attached hydrogen (secondary N) is 1. The zero-order valence-electron chi connectivity index (χ0n) is 33.8. The molecule has 0 saturated carbocycles. The Hall–Kier alpha value is -7.29. The number of carboxylic acids is 1. The van der Waals surface area contributed by atoms with Crippen molar-refractivity contribution >= 4 is 21.9 Å². The maximum Gasteiger partial charge on any atom is 0.371 e. The molecular formula is C47H44N2O11S. The highest BCUT2D eigenvalue weighted by atomic mass is 32.2. The van der Waals surface area contributed by atoms with Crippen LogP contribution in [-0.4, -0.2) is 39.6 Å². The van der Waals surface area contributed by atoms with E-state index in [9.17, 15) is 18.0 Å². The number of carbonyl (C=O) groups excluding carboxylic acids is 1. The summed E-state index contributed by atoms with van der Waals surface area (Å²) in [5.41, 5.74) is 11.9. The van der Waals surface area contributed by atoms with Crippen molar-refractivity contribution in [3.05, 3.63) is 173 Å². The van der Waals surface area contributed by atoms with E-state index in [0.717, 1.165) is 44.9 Å². The van der Waals surface area contributed by atoms with Gasteiger partial charge >= 0.3 is 11.9 Å². The van der Waals surface area contributed by atoms with Crippen LogP contribution in [0.15, 0.2) is 147 Å². The van der Waals surface area contributed by atoms with Gasteiger partial charge in [0.2, 0.25) is 5.76 Å². The van der Waals surface area contributed by atoms with Gasteiger partial charge in [-0.1, -0.05) is 60.7 Å². The number of ether oxygens (including phenoxy) is 4. The molecule has 0 spiro atoms. The molecule has 2 aromatic heterocycles. The number of aryl methyl sites for hydroxylation is 2. The highest BCUT2D eigenvalue weighted by Crippen LogP contribution is 2.27. The highest BCUT2D eigenvalue weighted by molar-refractivity contribution is 7.90. The molecule has 314 valence electrons. The molecule has 7 aromatic rings. The number of hydrogen-bond donors (Lipinski definition) is 3. The molecule has 0 aliphatic heterocycles. The quantitative estimate of drug-likeness (QED) is 0.0890. The number of aromatic carboxylic acids is 1. The van der Waals surface area contributed by atoms with E-state index < -0.39 is 21.9 Å². The Labute approximate surface area is 353 Å². The Morgan fingerprint density at radius 1 is 0.590 bits per heavy atom. The summed E-state index contributed by atoms with van der Waals surface area (Å²) in [7, 11) is -0.792. The molecule has 0 fully saturated rings. The SMILES string of the molecule is COc1ccc(-c2ccc(OCc3cc(C(=O)NS(=O)(=O)c4ccc(CN)cc4)oc3C)cc2)cc1.COc1ccc(-c2ccc(OCc3cc(C(=O)O)oc3C)cc2)cc1. The van der Waals surface area contributed by atoms with Crippen molar-refractivity contribution in [3.8, 4) is 45.3 Å². The van der Waals surface area contributed by atoms with Crippen molar-refractivity contribution in [2.24, 2.45) is 5.73 Å². The average molecular weight is 845 g/mol.